The second kappa shape index (κ2) is 8.01. The van der Waals surface area contributed by atoms with Crippen molar-refractivity contribution >= 4 is 27.6 Å². The zero-order valence-corrected chi connectivity index (χ0v) is 15.6. The summed E-state index contributed by atoms with van der Waals surface area (Å²) in [6, 6.07) is 7.14. The van der Waals surface area contributed by atoms with E-state index in [1.165, 1.54) is 31.6 Å². The van der Waals surface area contributed by atoms with Crippen LogP contribution in [-0.4, -0.2) is 47.0 Å². The number of hydrogen-bond acceptors (Lipinski definition) is 6. The summed E-state index contributed by atoms with van der Waals surface area (Å²) in [7, 11) is 0.907. The molecule has 1 atom stereocenters. The molecule has 0 spiro atoms. The molecule has 1 heterocycles. The van der Waals surface area contributed by atoms with Crippen molar-refractivity contribution in [2.24, 2.45) is 0 Å². The largest absolute Gasteiger partial charge is 0.468 e. The molecule has 7 nitrogen and oxygen atoms in total. The van der Waals surface area contributed by atoms with E-state index in [4.69, 9.17) is 16.0 Å². The molecule has 0 bridgehead atoms. The summed E-state index contributed by atoms with van der Waals surface area (Å²) in [5, 5.41) is 0.0135. The van der Waals surface area contributed by atoms with Gasteiger partial charge in [-0.1, -0.05) is 11.6 Å². The summed E-state index contributed by atoms with van der Waals surface area (Å²) >= 11 is 6.01. The molecule has 0 fully saturated rings. The number of rotatable bonds is 7. The van der Waals surface area contributed by atoms with Crippen molar-refractivity contribution in [1.82, 2.24) is 9.62 Å². The van der Waals surface area contributed by atoms with E-state index >= 15 is 0 Å². The van der Waals surface area contributed by atoms with Crippen LogP contribution in [0.5, 0.6) is 0 Å². The Bertz CT molecular complexity index is 834. The highest BCUT2D eigenvalue weighted by molar-refractivity contribution is 7.89. The lowest BCUT2D eigenvalue weighted by Gasteiger charge is -2.22. The number of nitrogens with one attached hydrogen (secondary N) is 1. The highest BCUT2D eigenvalue weighted by Crippen LogP contribution is 2.24. The van der Waals surface area contributed by atoms with E-state index in [1.807, 2.05) is 19.0 Å². The summed E-state index contributed by atoms with van der Waals surface area (Å²) < 4.78 is 37.7. The Hall–Kier alpha value is -1.87. The zero-order valence-electron chi connectivity index (χ0n) is 14.0. The highest BCUT2D eigenvalue weighted by Gasteiger charge is 2.24. The van der Waals surface area contributed by atoms with Gasteiger partial charge in [0.15, 0.2) is 0 Å². The van der Waals surface area contributed by atoms with Crippen LogP contribution in [0.1, 0.15) is 22.2 Å². The topological polar surface area (TPSA) is 88.8 Å². The van der Waals surface area contributed by atoms with Crippen LogP contribution in [0.3, 0.4) is 0 Å². The highest BCUT2D eigenvalue weighted by atomic mass is 35.5. The Morgan fingerprint density at radius 3 is 2.64 bits per heavy atom. The van der Waals surface area contributed by atoms with E-state index in [1.54, 1.807) is 12.1 Å². The van der Waals surface area contributed by atoms with Gasteiger partial charge >= 0.3 is 5.97 Å². The Labute approximate surface area is 151 Å². The quantitative estimate of drug-likeness (QED) is 0.734. The lowest BCUT2D eigenvalue weighted by atomic mass is 10.2. The number of likely N-dealkylation sites (N-methyl/N-ethyl adjacent to an activating group) is 1. The van der Waals surface area contributed by atoms with Gasteiger partial charge in [0.05, 0.1) is 30.0 Å². The van der Waals surface area contributed by atoms with Gasteiger partial charge in [-0.2, -0.15) is 0 Å². The molecule has 1 unspecified atom stereocenters. The molecule has 1 N–H and O–H groups in total. The first kappa shape index (κ1) is 19.5. The number of carbonyl (C=O) groups excluding carboxylic acids is 1. The van der Waals surface area contributed by atoms with Crippen molar-refractivity contribution in [3.63, 3.8) is 0 Å². The molecule has 0 aliphatic rings. The first-order chi connectivity index (χ1) is 11.8. The molecule has 0 amide bonds. The predicted octanol–water partition coefficient (Wildman–Crippen LogP) is 2.30. The number of sulfonamides is 1. The van der Waals surface area contributed by atoms with Gasteiger partial charge in [-0.25, -0.2) is 17.9 Å². The van der Waals surface area contributed by atoms with Crippen LogP contribution in [0, 0.1) is 0 Å². The predicted molar refractivity (Wildman–Crippen MR) is 93.1 cm³/mol. The molecule has 2 rings (SSSR count). The van der Waals surface area contributed by atoms with Gasteiger partial charge < -0.3 is 9.15 Å². The van der Waals surface area contributed by atoms with Crippen LogP contribution in [0.15, 0.2) is 45.9 Å². The van der Waals surface area contributed by atoms with Gasteiger partial charge in [-0.3, -0.25) is 4.90 Å². The molecule has 0 saturated carbocycles. The monoisotopic (exact) mass is 386 g/mol. The number of esters is 1. The SMILES string of the molecule is COC(=O)c1ccc(Cl)c(S(=O)(=O)NCC(c2ccco2)N(C)C)c1. The Morgan fingerprint density at radius 2 is 2.08 bits per heavy atom. The van der Waals surface area contributed by atoms with Gasteiger partial charge in [-0.15, -0.1) is 0 Å². The maximum atomic E-state index is 12.6. The number of furan rings is 1. The van der Waals surface area contributed by atoms with E-state index in [9.17, 15) is 13.2 Å². The third-order valence-electron chi connectivity index (χ3n) is 3.60. The molecule has 25 heavy (non-hydrogen) atoms. The van der Waals surface area contributed by atoms with Gasteiger partial charge in [0.2, 0.25) is 10.0 Å². The first-order valence-electron chi connectivity index (χ1n) is 7.33. The summed E-state index contributed by atoms with van der Waals surface area (Å²) in [4.78, 5) is 13.3. The summed E-state index contributed by atoms with van der Waals surface area (Å²) in [5.74, 6) is -0.0167. The molecule has 0 aliphatic carbocycles. The fourth-order valence-corrected chi connectivity index (χ4v) is 3.80. The molecule has 0 saturated heterocycles. The number of hydrogen-bond donors (Lipinski definition) is 1. The molecule has 1 aromatic carbocycles. The number of methoxy groups -OCH3 is 1. The third kappa shape index (κ3) is 4.60. The second-order valence-electron chi connectivity index (χ2n) is 5.48. The van der Waals surface area contributed by atoms with Crippen LogP contribution in [0.2, 0.25) is 5.02 Å². The molecule has 1 aromatic heterocycles. The summed E-state index contributed by atoms with van der Waals surface area (Å²) in [5.41, 5.74) is 0.0995. The minimum absolute atomic E-state index is 0.0135. The molecule has 0 radical (unpaired) electrons. The lowest BCUT2D eigenvalue weighted by molar-refractivity contribution is 0.0600. The normalized spacial score (nSPS) is 13.0. The van der Waals surface area contributed by atoms with Crippen molar-refractivity contribution in [2.75, 3.05) is 27.7 Å². The Balaban J connectivity index is 2.25. The number of benzene rings is 1. The van der Waals surface area contributed by atoms with Crippen LogP contribution in [-0.2, 0) is 14.8 Å². The van der Waals surface area contributed by atoms with E-state index in [0.29, 0.717) is 5.76 Å². The minimum atomic E-state index is -3.93. The van der Waals surface area contributed by atoms with Crippen LogP contribution >= 0.6 is 11.6 Å². The maximum absolute atomic E-state index is 12.6. The summed E-state index contributed by atoms with van der Waals surface area (Å²) in [6.45, 7) is 0.0711. The molecule has 9 heteroatoms. The van der Waals surface area contributed by atoms with Gasteiger partial charge in [-0.05, 0) is 44.4 Å². The average molecular weight is 387 g/mol. The number of nitrogens with zero attached hydrogens (tertiary/aromatic N) is 1. The summed E-state index contributed by atoms with van der Waals surface area (Å²) in [6.07, 6.45) is 1.52. The van der Waals surface area contributed by atoms with Crippen LogP contribution in [0.25, 0.3) is 0 Å². The minimum Gasteiger partial charge on any atom is -0.468 e. The number of halogens is 1. The van der Waals surface area contributed by atoms with Crippen LogP contribution in [0.4, 0.5) is 0 Å². The van der Waals surface area contributed by atoms with Crippen LogP contribution < -0.4 is 4.72 Å². The smallest absolute Gasteiger partial charge is 0.337 e. The molecule has 0 aliphatic heterocycles. The lowest BCUT2D eigenvalue weighted by Crippen LogP contribution is -2.34. The zero-order chi connectivity index (χ0) is 18.6. The molecule has 2 aromatic rings. The Morgan fingerprint density at radius 1 is 1.36 bits per heavy atom. The Kier molecular flexibility index (Phi) is 6.23. The fourth-order valence-electron chi connectivity index (χ4n) is 2.24. The van der Waals surface area contributed by atoms with E-state index in [0.717, 1.165) is 0 Å². The van der Waals surface area contributed by atoms with Crippen molar-refractivity contribution in [3.8, 4) is 0 Å². The van der Waals surface area contributed by atoms with E-state index in [-0.39, 0.29) is 28.1 Å². The van der Waals surface area contributed by atoms with E-state index in [2.05, 4.69) is 9.46 Å². The first-order valence-corrected chi connectivity index (χ1v) is 9.19. The second-order valence-corrected chi connectivity index (χ2v) is 7.63. The number of ether oxygens (including phenoxy) is 1. The maximum Gasteiger partial charge on any atom is 0.337 e. The van der Waals surface area contributed by atoms with Crippen molar-refractivity contribution < 1.29 is 22.4 Å². The van der Waals surface area contributed by atoms with Crippen molar-refractivity contribution in [1.29, 1.82) is 0 Å². The fraction of sp³-hybridized carbons (Fsp3) is 0.312. The molecular weight excluding hydrogens is 368 g/mol. The van der Waals surface area contributed by atoms with Gasteiger partial charge in [0.1, 0.15) is 10.7 Å². The van der Waals surface area contributed by atoms with Crippen molar-refractivity contribution in [3.05, 3.63) is 52.9 Å². The van der Waals surface area contributed by atoms with E-state index < -0.39 is 16.0 Å². The average Bonchev–Trinajstić information content (AvgIpc) is 3.08. The van der Waals surface area contributed by atoms with Crippen molar-refractivity contribution in [2.45, 2.75) is 10.9 Å². The van der Waals surface area contributed by atoms with Gasteiger partial charge in [0.25, 0.3) is 0 Å². The standard InChI is InChI=1S/C16H19ClN2O5S/c1-19(2)13(14-5-4-8-24-14)10-18-25(21,22)15-9-11(16(20)23-3)6-7-12(15)17/h4-9,13,18H,10H2,1-3H3. The third-order valence-corrected chi connectivity index (χ3v) is 5.51. The number of carbonyl (C=O) groups is 1. The molecule has 136 valence electrons. The van der Waals surface area contributed by atoms with Gasteiger partial charge in [0, 0.05) is 6.54 Å². The molecular formula is C16H19ClN2O5S.